The summed E-state index contributed by atoms with van der Waals surface area (Å²) in [5.41, 5.74) is 2.95. The Hall–Kier alpha value is -1.19. The van der Waals surface area contributed by atoms with E-state index in [-0.39, 0.29) is 0 Å². The van der Waals surface area contributed by atoms with E-state index in [1.807, 2.05) is 43.3 Å². The second-order valence-electron chi connectivity index (χ2n) is 4.07. The number of nitrogens with zero attached hydrogens (tertiary/aromatic N) is 1. The lowest BCUT2D eigenvalue weighted by Crippen LogP contribution is -2.04. The zero-order chi connectivity index (χ0) is 12.3. The van der Waals surface area contributed by atoms with Crippen molar-refractivity contribution in [1.82, 2.24) is 4.98 Å². The van der Waals surface area contributed by atoms with Gasteiger partial charge in [-0.05, 0) is 30.7 Å². The molecule has 1 unspecified atom stereocenters. The molecule has 1 heterocycles. The number of halogens is 1. The molecule has 0 radical (unpaired) electrons. The van der Waals surface area contributed by atoms with E-state index in [0.29, 0.717) is 6.42 Å². The number of aryl methyl sites for hydroxylation is 1. The van der Waals surface area contributed by atoms with Crippen molar-refractivity contribution < 1.29 is 5.11 Å². The van der Waals surface area contributed by atoms with Crippen molar-refractivity contribution in [3.05, 3.63) is 63.9 Å². The van der Waals surface area contributed by atoms with Crippen LogP contribution in [0.3, 0.4) is 0 Å². The predicted octanol–water partition coefficient (Wildman–Crippen LogP) is 3.43. The Morgan fingerprint density at radius 3 is 2.82 bits per heavy atom. The van der Waals surface area contributed by atoms with Gasteiger partial charge in [-0.2, -0.15) is 0 Å². The van der Waals surface area contributed by atoms with Crippen molar-refractivity contribution >= 4 is 15.9 Å². The van der Waals surface area contributed by atoms with Crippen molar-refractivity contribution in [3.8, 4) is 0 Å². The molecule has 2 rings (SSSR count). The van der Waals surface area contributed by atoms with Gasteiger partial charge in [0.15, 0.2) is 0 Å². The van der Waals surface area contributed by atoms with E-state index in [1.165, 1.54) is 0 Å². The number of aromatic nitrogens is 1. The highest BCUT2D eigenvalue weighted by Crippen LogP contribution is 2.26. The summed E-state index contributed by atoms with van der Waals surface area (Å²) in [4.78, 5) is 4.22. The highest BCUT2D eigenvalue weighted by molar-refractivity contribution is 9.10. The maximum Gasteiger partial charge on any atom is 0.0856 e. The van der Waals surface area contributed by atoms with Gasteiger partial charge in [0.2, 0.25) is 0 Å². The molecule has 17 heavy (non-hydrogen) atoms. The van der Waals surface area contributed by atoms with E-state index >= 15 is 0 Å². The van der Waals surface area contributed by atoms with Crippen LogP contribution in [0.5, 0.6) is 0 Å². The first kappa shape index (κ1) is 12.3. The van der Waals surface area contributed by atoms with Gasteiger partial charge in [0, 0.05) is 22.8 Å². The summed E-state index contributed by atoms with van der Waals surface area (Å²) >= 11 is 3.46. The van der Waals surface area contributed by atoms with Crippen LogP contribution in [0.25, 0.3) is 0 Å². The van der Waals surface area contributed by atoms with Crippen LogP contribution in [-0.4, -0.2) is 10.1 Å². The van der Waals surface area contributed by atoms with Crippen molar-refractivity contribution in [2.45, 2.75) is 19.4 Å². The average Bonchev–Trinajstić information content (AvgIpc) is 2.33. The third kappa shape index (κ3) is 3.14. The van der Waals surface area contributed by atoms with E-state index in [4.69, 9.17) is 0 Å². The summed E-state index contributed by atoms with van der Waals surface area (Å²) in [6.07, 6.45) is 1.75. The third-order valence-corrected chi connectivity index (χ3v) is 3.36. The van der Waals surface area contributed by atoms with Crippen molar-refractivity contribution in [1.29, 1.82) is 0 Å². The lowest BCUT2D eigenvalue weighted by Gasteiger charge is -2.13. The number of aliphatic hydroxyl groups excluding tert-OH is 1. The molecule has 0 amide bonds. The summed E-state index contributed by atoms with van der Waals surface area (Å²) in [7, 11) is 0. The van der Waals surface area contributed by atoms with Crippen LogP contribution < -0.4 is 0 Å². The smallest absolute Gasteiger partial charge is 0.0856 e. The minimum atomic E-state index is -0.529. The Balaban J connectivity index is 2.20. The van der Waals surface area contributed by atoms with Crippen molar-refractivity contribution in [2.75, 3.05) is 0 Å². The van der Waals surface area contributed by atoms with Crippen LogP contribution in [0.4, 0.5) is 0 Å². The van der Waals surface area contributed by atoms with Crippen LogP contribution in [-0.2, 0) is 6.42 Å². The normalized spacial score (nSPS) is 12.4. The third-order valence-electron chi connectivity index (χ3n) is 2.64. The molecule has 3 heteroatoms. The van der Waals surface area contributed by atoms with Gasteiger partial charge in [0.05, 0.1) is 6.10 Å². The SMILES string of the molecule is Cc1ccc(Br)c(C(O)Cc2ccccn2)c1. The first-order valence-corrected chi connectivity index (χ1v) is 6.30. The summed E-state index contributed by atoms with van der Waals surface area (Å²) < 4.78 is 0.937. The number of pyridine rings is 1. The summed E-state index contributed by atoms with van der Waals surface area (Å²) in [5.74, 6) is 0. The largest absolute Gasteiger partial charge is 0.388 e. The molecule has 0 aliphatic carbocycles. The Labute approximate surface area is 109 Å². The van der Waals surface area contributed by atoms with E-state index in [1.54, 1.807) is 6.20 Å². The second kappa shape index (κ2) is 5.43. The molecule has 0 aliphatic rings. The Morgan fingerprint density at radius 1 is 1.29 bits per heavy atom. The topological polar surface area (TPSA) is 33.1 Å². The van der Waals surface area contributed by atoms with Gasteiger partial charge in [-0.25, -0.2) is 0 Å². The number of hydrogen-bond acceptors (Lipinski definition) is 2. The summed E-state index contributed by atoms with van der Waals surface area (Å²) in [6.45, 7) is 2.02. The number of rotatable bonds is 3. The summed E-state index contributed by atoms with van der Waals surface area (Å²) in [6, 6.07) is 11.7. The minimum Gasteiger partial charge on any atom is -0.388 e. The van der Waals surface area contributed by atoms with Gasteiger partial charge in [0.1, 0.15) is 0 Å². The second-order valence-corrected chi connectivity index (χ2v) is 4.92. The van der Waals surface area contributed by atoms with Gasteiger partial charge < -0.3 is 5.11 Å². The molecule has 1 N–H and O–H groups in total. The molecule has 0 fully saturated rings. The fourth-order valence-electron chi connectivity index (χ4n) is 1.75. The average molecular weight is 292 g/mol. The van der Waals surface area contributed by atoms with Gasteiger partial charge in [-0.15, -0.1) is 0 Å². The molecular weight excluding hydrogens is 278 g/mol. The van der Waals surface area contributed by atoms with E-state index in [2.05, 4.69) is 20.9 Å². The van der Waals surface area contributed by atoms with Gasteiger partial charge >= 0.3 is 0 Å². The Kier molecular flexibility index (Phi) is 3.92. The zero-order valence-corrected chi connectivity index (χ0v) is 11.2. The molecule has 0 aliphatic heterocycles. The molecular formula is C14H14BrNO. The van der Waals surface area contributed by atoms with E-state index < -0.39 is 6.10 Å². The molecule has 2 nitrogen and oxygen atoms in total. The van der Waals surface area contributed by atoms with Crippen LogP contribution >= 0.6 is 15.9 Å². The lowest BCUT2D eigenvalue weighted by molar-refractivity contribution is 0.176. The molecule has 1 aromatic carbocycles. The summed E-state index contributed by atoms with van der Waals surface area (Å²) in [5, 5.41) is 10.2. The molecule has 0 bridgehead atoms. The van der Waals surface area contributed by atoms with Crippen molar-refractivity contribution in [3.63, 3.8) is 0 Å². The van der Waals surface area contributed by atoms with Crippen LogP contribution in [0.15, 0.2) is 47.1 Å². The number of hydrogen-bond donors (Lipinski definition) is 1. The number of benzene rings is 1. The first-order chi connectivity index (χ1) is 8.16. The van der Waals surface area contributed by atoms with Crippen molar-refractivity contribution in [2.24, 2.45) is 0 Å². The molecule has 1 atom stereocenters. The molecule has 0 saturated carbocycles. The van der Waals surface area contributed by atoms with Crippen LogP contribution in [0.1, 0.15) is 22.9 Å². The fraction of sp³-hybridized carbons (Fsp3) is 0.214. The Bertz CT molecular complexity index is 499. The first-order valence-electron chi connectivity index (χ1n) is 5.51. The monoisotopic (exact) mass is 291 g/mol. The van der Waals surface area contributed by atoms with Gasteiger partial charge in [0.25, 0.3) is 0 Å². The Morgan fingerprint density at radius 2 is 2.12 bits per heavy atom. The molecule has 0 spiro atoms. The van der Waals surface area contributed by atoms with Gasteiger partial charge in [-0.3, -0.25) is 4.98 Å². The van der Waals surface area contributed by atoms with Gasteiger partial charge in [-0.1, -0.05) is 39.7 Å². The maximum absolute atomic E-state index is 10.2. The maximum atomic E-state index is 10.2. The minimum absolute atomic E-state index is 0.529. The molecule has 88 valence electrons. The van der Waals surface area contributed by atoms with Crippen LogP contribution in [0, 0.1) is 6.92 Å². The van der Waals surface area contributed by atoms with Crippen LogP contribution in [0.2, 0.25) is 0 Å². The molecule has 2 aromatic rings. The molecule has 1 aromatic heterocycles. The lowest BCUT2D eigenvalue weighted by atomic mass is 10.0. The molecule has 0 saturated heterocycles. The predicted molar refractivity (Wildman–Crippen MR) is 71.8 cm³/mol. The zero-order valence-electron chi connectivity index (χ0n) is 9.60. The number of aliphatic hydroxyl groups is 1. The highest BCUT2D eigenvalue weighted by Gasteiger charge is 2.12. The fourth-order valence-corrected chi connectivity index (χ4v) is 2.26. The highest BCUT2D eigenvalue weighted by atomic mass is 79.9. The standard InChI is InChI=1S/C14H14BrNO/c1-10-5-6-13(15)12(8-10)14(17)9-11-4-2-3-7-16-11/h2-8,14,17H,9H2,1H3. The van der Waals surface area contributed by atoms with E-state index in [0.717, 1.165) is 21.3 Å². The van der Waals surface area contributed by atoms with E-state index in [9.17, 15) is 5.11 Å². The quantitative estimate of drug-likeness (QED) is 0.940.